The normalized spacial score (nSPS) is 15.4. The molecule has 0 aliphatic heterocycles. The van der Waals surface area contributed by atoms with Gasteiger partial charge in [-0.25, -0.2) is 13.1 Å². The second kappa shape index (κ2) is 4.84. The maximum absolute atomic E-state index is 12.5. The monoisotopic (exact) mass is 370 g/mol. The van der Waals surface area contributed by atoms with E-state index in [2.05, 4.69) is 15.9 Å². The van der Waals surface area contributed by atoms with Gasteiger partial charge in [0.15, 0.2) is 9.84 Å². The first-order chi connectivity index (χ1) is 9.82. The third kappa shape index (κ3) is 2.38. The summed E-state index contributed by atoms with van der Waals surface area (Å²) < 4.78 is 27.6. The van der Waals surface area contributed by atoms with Crippen molar-refractivity contribution in [3.05, 3.63) is 44.8 Å². The third-order valence-corrected chi connectivity index (χ3v) is 5.60. The Hall–Kier alpha value is -1.34. The van der Waals surface area contributed by atoms with Crippen molar-refractivity contribution in [1.82, 2.24) is 9.36 Å². The van der Waals surface area contributed by atoms with E-state index in [-0.39, 0.29) is 10.5 Å². The molecule has 0 unspecified atom stereocenters. The molecule has 7 heteroatoms. The zero-order valence-corrected chi connectivity index (χ0v) is 14.1. The Kier molecular flexibility index (Phi) is 3.37. The van der Waals surface area contributed by atoms with Crippen LogP contribution >= 0.6 is 15.9 Å². The predicted octanol–water partition coefficient (Wildman–Crippen LogP) is 2.22. The molecule has 0 radical (unpaired) electrons. The number of hydrogen-bond acceptors (Lipinski definition) is 3. The maximum Gasteiger partial charge on any atom is 0.286 e. The van der Waals surface area contributed by atoms with Crippen molar-refractivity contribution >= 4 is 25.8 Å². The van der Waals surface area contributed by atoms with Crippen LogP contribution in [-0.4, -0.2) is 24.0 Å². The van der Waals surface area contributed by atoms with Gasteiger partial charge in [0.05, 0.1) is 16.3 Å². The van der Waals surface area contributed by atoms with Crippen LogP contribution in [0.1, 0.15) is 24.5 Å². The van der Waals surface area contributed by atoms with Gasteiger partial charge in [-0.15, -0.1) is 0 Å². The lowest BCUT2D eigenvalue weighted by Crippen LogP contribution is -2.22. The smallest absolute Gasteiger partial charge is 0.284 e. The van der Waals surface area contributed by atoms with Crippen LogP contribution in [0.15, 0.2) is 38.4 Å². The molecule has 1 aromatic heterocycles. The third-order valence-electron chi connectivity index (χ3n) is 3.71. The van der Waals surface area contributed by atoms with Crippen LogP contribution < -0.4 is 5.56 Å². The summed E-state index contributed by atoms with van der Waals surface area (Å²) in [5.41, 5.74) is 1.10. The number of sulfone groups is 1. The van der Waals surface area contributed by atoms with Crippen LogP contribution in [-0.2, 0) is 16.9 Å². The van der Waals surface area contributed by atoms with Gasteiger partial charge >= 0.3 is 0 Å². The zero-order valence-electron chi connectivity index (χ0n) is 11.7. The van der Waals surface area contributed by atoms with Gasteiger partial charge in [-0.3, -0.25) is 9.48 Å². The standard InChI is InChI=1S/C14H15BrN2O3S/c1-16-13(9-7-8-9)12(15)14(18)17(16)10-5-3-4-6-11(10)21(2,19)20/h3-6,9H,7-8H2,1-2H3. The van der Waals surface area contributed by atoms with E-state index in [1.165, 1.54) is 10.7 Å². The minimum Gasteiger partial charge on any atom is -0.284 e. The Morgan fingerprint density at radius 2 is 1.86 bits per heavy atom. The fourth-order valence-electron chi connectivity index (χ4n) is 2.61. The lowest BCUT2D eigenvalue weighted by atomic mass is 10.3. The molecule has 1 saturated carbocycles. The minimum absolute atomic E-state index is 0.155. The molecule has 2 aromatic rings. The molecule has 0 bridgehead atoms. The highest BCUT2D eigenvalue weighted by atomic mass is 79.9. The lowest BCUT2D eigenvalue weighted by Gasteiger charge is -2.12. The van der Waals surface area contributed by atoms with Gasteiger partial charge in [0.2, 0.25) is 0 Å². The second-order valence-corrected chi connectivity index (χ2v) is 8.13. The summed E-state index contributed by atoms with van der Waals surface area (Å²) in [4.78, 5) is 12.7. The van der Waals surface area contributed by atoms with Gasteiger partial charge in [0.25, 0.3) is 5.56 Å². The van der Waals surface area contributed by atoms with Crippen molar-refractivity contribution in [1.29, 1.82) is 0 Å². The van der Waals surface area contributed by atoms with Crippen LogP contribution in [0, 0.1) is 0 Å². The first kappa shape index (κ1) is 14.6. The number of benzene rings is 1. The van der Waals surface area contributed by atoms with Crippen molar-refractivity contribution in [3.8, 4) is 5.69 Å². The number of hydrogen-bond donors (Lipinski definition) is 0. The second-order valence-electron chi connectivity index (χ2n) is 5.35. The zero-order chi connectivity index (χ0) is 15.4. The molecule has 112 valence electrons. The molecule has 1 aliphatic carbocycles. The van der Waals surface area contributed by atoms with Gasteiger partial charge in [-0.05, 0) is 40.9 Å². The van der Waals surface area contributed by atoms with Gasteiger partial charge in [0, 0.05) is 19.2 Å². The largest absolute Gasteiger partial charge is 0.286 e. The first-order valence-corrected chi connectivity index (χ1v) is 9.27. The van der Waals surface area contributed by atoms with E-state index >= 15 is 0 Å². The number of para-hydroxylation sites is 1. The molecule has 0 N–H and O–H groups in total. The average Bonchev–Trinajstić information content (AvgIpc) is 3.19. The summed E-state index contributed by atoms with van der Waals surface area (Å²) in [6.45, 7) is 0. The Labute approximate surface area is 131 Å². The van der Waals surface area contributed by atoms with E-state index in [0.717, 1.165) is 24.8 Å². The summed E-state index contributed by atoms with van der Waals surface area (Å²) in [6, 6.07) is 6.56. The van der Waals surface area contributed by atoms with Crippen molar-refractivity contribution < 1.29 is 8.42 Å². The summed E-state index contributed by atoms with van der Waals surface area (Å²) in [5, 5.41) is 0. The molecule has 0 amide bonds. The molecule has 1 aliphatic rings. The van der Waals surface area contributed by atoms with E-state index in [1.54, 1.807) is 29.9 Å². The number of rotatable bonds is 3. The number of nitrogens with zero attached hydrogens (tertiary/aromatic N) is 2. The van der Waals surface area contributed by atoms with Crippen molar-refractivity contribution in [2.45, 2.75) is 23.7 Å². The van der Waals surface area contributed by atoms with Crippen LogP contribution in [0.2, 0.25) is 0 Å². The first-order valence-electron chi connectivity index (χ1n) is 6.59. The molecule has 0 atom stereocenters. The predicted molar refractivity (Wildman–Crippen MR) is 83.8 cm³/mol. The van der Waals surface area contributed by atoms with Gasteiger partial charge in [0.1, 0.15) is 4.47 Å². The van der Waals surface area contributed by atoms with Gasteiger partial charge in [-0.1, -0.05) is 12.1 Å². The van der Waals surface area contributed by atoms with Crippen LogP contribution in [0.5, 0.6) is 0 Å². The van der Waals surface area contributed by atoms with Crippen molar-refractivity contribution in [2.75, 3.05) is 6.26 Å². The van der Waals surface area contributed by atoms with Crippen LogP contribution in [0.4, 0.5) is 0 Å². The topological polar surface area (TPSA) is 61.1 Å². The van der Waals surface area contributed by atoms with E-state index in [9.17, 15) is 13.2 Å². The Morgan fingerprint density at radius 1 is 1.24 bits per heavy atom. The Balaban J connectivity index is 2.33. The average molecular weight is 371 g/mol. The number of halogens is 1. The van der Waals surface area contributed by atoms with E-state index in [0.29, 0.717) is 16.1 Å². The molecule has 3 rings (SSSR count). The molecular weight excluding hydrogens is 356 g/mol. The molecule has 1 aromatic carbocycles. The fraction of sp³-hybridized carbons (Fsp3) is 0.357. The molecule has 5 nitrogen and oxygen atoms in total. The molecular formula is C14H15BrN2O3S. The fourth-order valence-corrected chi connectivity index (χ4v) is 4.21. The summed E-state index contributed by atoms with van der Waals surface area (Å²) >= 11 is 3.36. The van der Waals surface area contributed by atoms with Crippen LogP contribution in [0.25, 0.3) is 5.69 Å². The maximum atomic E-state index is 12.5. The van der Waals surface area contributed by atoms with Gasteiger partial charge < -0.3 is 0 Å². The van der Waals surface area contributed by atoms with Crippen LogP contribution in [0.3, 0.4) is 0 Å². The highest BCUT2D eigenvalue weighted by molar-refractivity contribution is 9.10. The van der Waals surface area contributed by atoms with E-state index < -0.39 is 9.84 Å². The quantitative estimate of drug-likeness (QED) is 0.831. The highest BCUT2D eigenvalue weighted by Crippen LogP contribution is 2.42. The van der Waals surface area contributed by atoms with E-state index in [1.807, 2.05) is 0 Å². The SMILES string of the molecule is Cn1c(C2CC2)c(Br)c(=O)n1-c1ccccc1S(C)(=O)=O. The minimum atomic E-state index is -3.41. The Bertz CT molecular complexity index is 876. The van der Waals surface area contributed by atoms with E-state index in [4.69, 9.17) is 0 Å². The lowest BCUT2D eigenvalue weighted by molar-refractivity contribution is 0.590. The molecule has 1 heterocycles. The summed E-state index contributed by atoms with van der Waals surface area (Å²) in [7, 11) is -1.62. The highest BCUT2D eigenvalue weighted by Gasteiger charge is 2.32. The Morgan fingerprint density at radius 3 is 2.43 bits per heavy atom. The number of aromatic nitrogens is 2. The molecule has 21 heavy (non-hydrogen) atoms. The van der Waals surface area contributed by atoms with Gasteiger partial charge in [-0.2, -0.15) is 0 Å². The summed E-state index contributed by atoms with van der Waals surface area (Å²) in [5.74, 6) is 0.378. The molecule has 0 spiro atoms. The summed E-state index contributed by atoms with van der Waals surface area (Å²) in [6.07, 6.45) is 3.27. The van der Waals surface area contributed by atoms with Crippen molar-refractivity contribution in [3.63, 3.8) is 0 Å². The van der Waals surface area contributed by atoms with Crippen molar-refractivity contribution in [2.24, 2.45) is 7.05 Å². The molecule has 0 saturated heterocycles. The molecule has 1 fully saturated rings.